The minimum absolute atomic E-state index is 0.0577. The number of hydrogen-bond acceptors (Lipinski definition) is 5. The number of morpholine rings is 1. The first-order valence-electron chi connectivity index (χ1n) is 8.64. The monoisotopic (exact) mass is 348 g/mol. The van der Waals surface area contributed by atoms with Crippen LogP contribution in [0.25, 0.3) is 10.6 Å². The van der Waals surface area contributed by atoms with Gasteiger partial charge in [-0.1, -0.05) is 31.0 Å². The van der Waals surface area contributed by atoms with Gasteiger partial charge in [0.05, 0.1) is 30.4 Å². The summed E-state index contributed by atoms with van der Waals surface area (Å²) in [5.41, 5.74) is 4.63. The number of rotatable bonds is 4. The molecule has 1 aromatic carbocycles. The van der Waals surface area contributed by atoms with Crippen LogP contribution in [0.15, 0.2) is 18.2 Å². The number of aromatic nitrogens is 1. The smallest absolute Gasteiger partial charge is 0.124 e. The molecule has 2 aromatic rings. The van der Waals surface area contributed by atoms with Crippen LogP contribution in [0.5, 0.6) is 0 Å². The number of hydrogen-bond donors (Lipinski definition) is 1. The molecule has 1 saturated heterocycles. The van der Waals surface area contributed by atoms with Crippen LogP contribution in [0.2, 0.25) is 0 Å². The Labute approximate surface area is 149 Å². The minimum Gasteiger partial charge on any atom is -0.391 e. The lowest BCUT2D eigenvalue weighted by Gasteiger charge is -2.26. The Bertz CT molecular complexity index is 629. The lowest BCUT2D eigenvalue weighted by Crippen LogP contribution is -2.35. The van der Waals surface area contributed by atoms with Gasteiger partial charge in [0.2, 0.25) is 0 Å². The van der Waals surface area contributed by atoms with E-state index in [-0.39, 0.29) is 6.61 Å². The molecule has 0 aliphatic carbocycles. The molecule has 132 valence electrons. The molecule has 3 rings (SSSR count). The first-order valence-corrected chi connectivity index (χ1v) is 9.45. The lowest BCUT2D eigenvalue weighted by molar-refractivity contribution is 0.0335. The van der Waals surface area contributed by atoms with Crippen molar-refractivity contribution in [3.8, 4) is 10.6 Å². The van der Waals surface area contributed by atoms with Crippen molar-refractivity contribution in [2.45, 2.75) is 40.8 Å². The number of benzene rings is 1. The average molecular weight is 349 g/mol. The average Bonchev–Trinajstić information content (AvgIpc) is 3.00. The Hall–Kier alpha value is -1.27. The molecule has 1 N–H and O–H groups in total. The van der Waals surface area contributed by atoms with E-state index in [4.69, 9.17) is 9.72 Å². The van der Waals surface area contributed by atoms with Crippen molar-refractivity contribution in [2.75, 3.05) is 26.3 Å². The highest BCUT2D eigenvalue weighted by atomic mass is 32.1. The van der Waals surface area contributed by atoms with Crippen LogP contribution in [0.1, 0.15) is 35.5 Å². The molecule has 1 fully saturated rings. The molecule has 0 amide bonds. The Morgan fingerprint density at radius 3 is 2.33 bits per heavy atom. The molecule has 1 aromatic heterocycles. The van der Waals surface area contributed by atoms with Crippen LogP contribution in [0.3, 0.4) is 0 Å². The van der Waals surface area contributed by atoms with Crippen LogP contribution in [-0.2, 0) is 17.9 Å². The molecule has 1 aliphatic rings. The normalized spacial score (nSPS) is 15.0. The van der Waals surface area contributed by atoms with Gasteiger partial charge in [-0.25, -0.2) is 4.98 Å². The van der Waals surface area contributed by atoms with Crippen molar-refractivity contribution in [3.63, 3.8) is 0 Å². The second-order valence-corrected chi connectivity index (χ2v) is 6.90. The molecule has 0 bridgehead atoms. The van der Waals surface area contributed by atoms with Gasteiger partial charge in [0.1, 0.15) is 5.01 Å². The van der Waals surface area contributed by atoms with E-state index >= 15 is 0 Å². The molecule has 5 heteroatoms. The topological polar surface area (TPSA) is 45.6 Å². The predicted molar refractivity (Wildman–Crippen MR) is 100 cm³/mol. The Balaban J connectivity index is 0.00000100. The summed E-state index contributed by atoms with van der Waals surface area (Å²) in [5, 5.41) is 10.6. The predicted octanol–water partition coefficient (Wildman–Crippen LogP) is 3.78. The first kappa shape index (κ1) is 19.1. The summed E-state index contributed by atoms with van der Waals surface area (Å²) < 4.78 is 5.39. The van der Waals surface area contributed by atoms with Crippen LogP contribution in [0, 0.1) is 13.8 Å². The van der Waals surface area contributed by atoms with Gasteiger partial charge in [0.15, 0.2) is 0 Å². The fourth-order valence-corrected chi connectivity index (χ4v) is 3.74. The third-order valence-electron chi connectivity index (χ3n) is 3.87. The van der Waals surface area contributed by atoms with E-state index in [2.05, 4.69) is 36.9 Å². The fourth-order valence-electron chi connectivity index (χ4n) is 2.82. The van der Waals surface area contributed by atoms with E-state index in [1.165, 1.54) is 11.1 Å². The number of aryl methyl sites for hydroxylation is 2. The van der Waals surface area contributed by atoms with Crippen LogP contribution < -0.4 is 0 Å². The van der Waals surface area contributed by atoms with E-state index in [0.29, 0.717) is 0 Å². The Morgan fingerprint density at radius 1 is 1.12 bits per heavy atom. The number of thiazole rings is 1. The number of aliphatic hydroxyl groups is 1. The molecule has 0 radical (unpaired) electrons. The highest BCUT2D eigenvalue weighted by Gasteiger charge is 2.17. The standard InChI is InChI=1S/C17H22N2O2S.C2H6/c1-12-7-13(2)9-14(8-12)17-18-15(16(11-20)22-17)10-19-3-5-21-6-4-19;1-2/h7-9,20H,3-6,10-11H2,1-2H3;1-2H3. The van der Waals surface area contributed by atoms with Crippen LogP contribution in [-0.4, -0.2) is 41.3 Å². The van der Waals surface area contributed by atoms with E-state index in [0.717, 1.165) is 54.0 Å². The maximum Gasteiger partial charge on any atom is 0.124 e. The molecule has 24 heavy (non-hydrogen) atoms. The third-order valence-corrected chi connectivity index (χ3v) is 5.00. The Morgan fingerprint density at radius 2 is 1.75 bits per heavy atom. The highest BCUT2D eigenvalue weighted by molar-refractivity contribution is 7.15. The summed E-state index contributed by atoms with van der Waals surface area (Å²) in [7, 11) is 0. The molecule has 0 atom stereocenters. The van der Waals surface area contributed by atoms with E-state index in [9.17, 15) is 5.11 Å². The zero-order chi connectivity index (χ0) is 17.5. The molecule has 0 spiro atoms. The third kappa shape index (κ3) is 4.86. The van der Waals surface area contributed by atoms with Crippen LogP contribution >= 0.6 is 11.3 Å². The number of aliphatic hydroxyl groups excluding tert-OH is 1. The van der Waals surface area contributed by atoms with Crippen molar-refractivity contribution >= 4 is 11.3 Å². The SMILES string of the molecule is CC.Cc1cc(C)cc(-c2nc(CN3CCOCC3)c(CO)s2)c1. The van der Waals surface area contributed by atoms with Gasteiger partial charge < -0.3 is 9.84 Å². The summed E-state index contributed by atoms with van der Waals surface area (Å²) in [6.07, 6.45) is 0. The van der Waals surface area contributed by atoms with Crippen molar-refractivity contribution in [2.24, 2.45) is 0 Å². The Kier molecular flexibility index (Phi) is 7.37. The van der Waals surface area contributed by atoms with Gasteiger partial charge in [-0.15, -0.1) is 11.3 Å². The first-order chi connectivity index (χ1) is 11.7. The summed E-state index contributed by atoms with van der Waals surface area (Å²) in [6.45, 7) is 12.5. The molecule has 0 saturated carbocycles. The van der Waals surface area contributed by atoms with Gasteiger partial charge in [-0.2, -0.15) is 0 Å². The van der Waals surface area contributed by atoms with Gasteiger partial charge >= 0.3 is 0 Å². The summed E-state index contributed by atoms with van der Waals surface area (Å²) in [4.78, 5) is 8.11. The van der Waals surface area contributed by atoms with Gasteiger partial charge in [-0.3, -0.25) is 4.90 Å². The fraction of sp³-hybridized carbons (Fsp3) is 0.526. The quantitative estimate of drug-likeness (QED) is 0.913. The zero-order valence-electron chi connectivity index (χ0n) is 15.1. The molecular formula is C19H28N2O2S. The molecular weight excluding hydrogens is 320 g/mol. The second kappa shape index (κ2) is 9.28. The lowest BCUT2D eigenvalue weighted by atomic mass is 10.1. The molecule has 0 unspecified atom stereocenters. The van der Waals surface area contributed by atoms with Crippen molar-refractivity contribution in [3.05, 3.63) is 39.9 Å². The minimum atomic E-state index is 0.0577. The molecule has 1 aliphatic heterocycles. The van der Waals surface area contributed by atoms with Gasteiger partial charge in [0, 0.05) is 25.2 Å². The second-order valence-electron chi connectivity index (χ2n) is 5.81. The van der Waals surface area contributed by atoms with E-state index in [1.54, 1.807) is 11.3 Å². The number of ether oxygens (including phenoxy) is 1. The maximum atomic E-state index is 9.64. The number of nitrogens with zero attached hydrogens (tertiary/aromatic N) is 2. The van der Waals surface area contributed by atoms with Gasteiger partial charge in [0.25, 0.3) is 0 Å². The van der Waals surface area contributed by atoms with Crippen LogP contribution in [0.4, 0.5) is 0 Å². The summed E-state index contributed by atoms with van der Waals surface area (Å²) >= 11 is 1.60. The van der Waals surface area contributed by atoms with Crippen molar-refractivity contribution < 1.29 is 9.84 Å². The maximum absolute atomic E-state index is 9.64. The van der Waals surface area contributed by atoms with Crippen molar-refractivity contribution in [1.82, 2.24) is 9.88 Å². The van der Waals surface area contributed by atoms with Gasteiger partial charge in [-0.05, 0) is 26.0 Å². The summed E-state index contributed by atoms with van der Waals surface area (Å²) in [6, 6.07) is 6.48. The van der Waals surface area contributed by atoms with E-state index in [1.807, 2.05) is 13.8 Å². The highest BCUT2D eigenvalue weighted by Crippen LogP contribution is 2.30. The summed E-state index contributed by atoms with van der Waals surface area (Å²) in [5.74, 6) is 0. The van der Waals surface area contributed by atoms with Crippen molar-refractivity contribution in [1.29, 1.82) is 0 Å². The molecule has 2 heterocycles. The molecule has 4 nitrogen and oxygen atoms in total. The largest absolute Gasteiger partial charge is 0.391 e. The zero-order valence-corrected chi connectivity index (χ0v) is 15.9. The van der Waals surface area contributed by atoms with E-state index < -0.39 is 0 Å².